The minimum absolute atomic E-state index is 0.154. The Morgan fingerprint density at radius 1 is 1.78 bits per heavy atom. The van der Waals surface area contributed by atoms with E-state index in [1.807, 2.05) is 0 Å². The molecule has 0 unspecified atom stereocenters. The summed E-state index contributed by atoms with van der Waals surface area (Å²) >= 11 is 5.37. The Kier molecular flexibility index (Phi) is 2.94. The highest BCUT2D eigenvalue weighted by Gasteiger charge is 2.23. The standard InChI is InChI=1S/C5H9ClNO2/c1-5(2,3-6)4(8)7-9/h3H2,1-2H3,(H-,7,8,9)/q-1. The van der Waals surface area contributed by atoms with E-state index in [0.717, 1.165) is 0 Å². The number of nitrogens with one attached hydrogen (secondary N) is 1. The van der Waals surface area contributed by atoms with Gasteiger partial charge < -0.3 is 10.7 Å². The van der Waals surface area contributed by atoms with Crippen molar-refractivity contribution in [1.29, 1.82) is 0 Å². The molecule has 0 rings (SSSR count). The third-order valence-corrected chi connectivity index (χ3v) is 1.71. The SMILES string of the molecule is CC(C)(CCl)C(=O)N[O-]. The van der Waals surface area contributed by atoms with Gasteiger partial charge in [-0.05, 0) is 13.8 Å². The zero-order chi connectivity index (χ0) is 7.49. The number of carbonyl (C=O) groups excluding carboxylic acids is 1. The van der Waals surface area contributed by atoms with Crippen molar-refractivity contribution in [1.82, 2.24) is 5.48 Å². The van der Waals surface area contributed by atoms with Crippen LogP contribution in [0.3, 0.4) is 0 Å². The van der Waals surface area contributed by atoms with Gasteiger partial charge in [0, 0.05) is 5.88 Å². The van der Waals surface area contributed by atoms with Crippen molar-refractivity contribution in [3.8, 4) is 0 Å². The number of rotatable bonds is 2. The molecule has 0 aromatic heterocycles. The van der Waals surface area contributed by atoms with Crippen LogP contribution >= 0.6 is 11.6 Å². The van der Waals surface area contributed by atoms with Crippen LogP contribution in [0.4, 0.5) is 0 Å². The molecular formula is C5H9ClNO2-. The molecule has 0 aliphatic heterocycles. The fraction of sp³-hybridized carbons (Fsp3) is 0.800. The summed E-state index contributed by atoms with van der Waals surface area (Å²) in [4.78, 5) is 10.6. The van der Waals surface area contributed by atoms with Gasteiger partial charge in [0.1, 0.15) is 0 Å². The topological polar surface area (TPSA) is 52.2 Å². The molecule has 0 saturated carbocycles. The molecule has 0 heterocycles. The minimum atomic E-state index is -0.747. The molecule has 1 amide bonds. The molecule has 0 bridgehead atoms. The lowest BCUT2D eigenvalue weighted by atomic mass is 9.96. The van der Waals surface area contributed by atoms with E-state index >= 15 is 0 Å². The predicted octanol–water partition coefficient (Wildman–Crippen LogP) is 0.865. The molecule has 3 nitrogen and oxygen atoms in total. The first kappa shape index (κ1) is 8.72. The van der Waals surface area contributed by atoms with Crippen LogP contribution in [-0.2, 0) is 4.79 Å². The number of halogens is 1. The lowest BCUT2D eigenvalue weighted by Gasteiger charge is -2.22. The number of hydrogen-bond acceptors (Lipinski definition) is 2. The first-order valence-corrected chi connectivity index (χ1v) is 3.06. The van der Waals surface area contributed by atoms with Crippen LogP contribution in [-0.4, -0.2) is 11.8 Å². The van der Waals surface area contributed by atoms with E-state index in [-0.39, 0.29) is 5.88 Å². The summed E-state index contributed by atoms with van der Waals surface area (Å²) in [7, 11) is 0. The van der Waals surface area contributed by atoms with E-state index in [0.29, 0.717) is 0 Å². The van der Waals surface area contributed by atoms with Gasteiger partial charge in [0.2, 0.25) is 5.91 Å². The van der Waals surface area contributed by atoms with Crippen LogP contribution in [0.15, 0.2) is 0 Å². The Balaban J connectivity index is 3.97. The summed E-state index contributed by atoms with van der Waals surface area (Å²) in [5.74, 6) is -0.418. The van der Waals surface area contributed by atoms with Gasteiger partial charge in [-0.3, -0.25) is 4.79 Å². The monoisotopic (exact) mass is 150 g/mol. The Labute approximate surface area is 59.0 Å². The maximum Gasteiger partial charge on any atom is 0.216 e. The smallest absolute Gasteiger partial charge is 0.216 e. The second kappa shape index (κ2) is 3.03. The number of carbonyl (C=O) groups is 1. The quantitative estimate of drug-likeness (QED) is 0.469. The third kappa shape index (κ3) is 2.20. The van der Waals surface area contributed by atoms with E-state index in [9.17, 15) is 10.0 Å². The molecule has 54 valence electrons. The maximum atomic E-state index is 10.6. The number of amides is 1. The van der Waals surface area contributed by atoms with Crippen molar-refractivity contribution in [2.45, 2.75) is 13.8 Å². The number of alkyl halides is 1. The zero-order valence-electron chi connectivity index (χ0n) is 5.40. The number of hydroxylamine groups is 1. The summed E-state index contributed by atoms with van der Waals surface area (Å²) in [6.07, 6.45) is 0. The molecule has 0 aliphatic rings. The summed E-state index contributed by atoms with van der Waals surface area (Å²) in [5, 5.41) is 9.78. The van der Waals surface area contributed by atoms with Gasteiger partial charge in [0.25, 0.3) is 0 Å². The molecule has 0 saturated heterocycles. The van der Waals surface area contributed by atoms with Gasteiger partial charge in [-0.2, -0.15) is 0 Å². The van der Waals surface area contributed by atoms with Gasteiger partial charge in [-0.25, -0.2) is 0 Å². The summed E-state index contributed by atoms with van der Waals surface area (Å²) in [6.45, 7) is 3.21. The Bertz CT molecular complexity index is 114. The number of hydrogen-bond donors (Lipinski definition) is 1. The average molecular weight is 151 g/mol. The highest BCUT2D eigenvalue weighted by atomic mass is 35.5. The van der Waals surface area contributed by atoms with Gasteiger partial charge in [-0.15, -0.1) is 11.6 Å². The fourth-order valence-electron chi connectivity index (χ4n) is 0.199. The predicted molar refractivity (Wildman–Crippen MR) is 36.0 cm³/mol. The van der Waals surface area contributed by atoms with Gasteiger partial charge >= 0.3 is 0 Å². The lowest BCUT2D eigenvalue weighted by molar-refractivity contribution is -0.127. The van der Waals surface area contributed by atoms with Crippen molar-refractivity contribution < 1.29 is 4.79 Å². The molecule has 0 aliphatic carbocycles. The van der Waals surface area contributed by atoms with Crippen molar-refractivity contribution in [3.05, 3.63) is 5.21 Å². The van der Waals surface area contributed by atoms with Crippen LogP contribution in [0.2, 0.25) is 0 Å². The molecule has 0 aromatic carbocycles. The van der Waals surface area contributed by atoms with E-state index in [2.05, 4.69) is 0 Å². The van der Waals surface area contributed by atoms with Crippen LogP contribution in [0, 0.1) is 10.6 Å². The Morgan fingerprint density at radius 2 is 2.22 bits per heavy atom. The Morgan fingerprint density at radius 3 is 2.33 bits per heavy atom. The van der Waals surface area contributed by atoms with Gasteiger partial charge in [-0.1, -0.05) is 0 Å². The summed E-state index contributed by atoms with van der Waals surface area (Å²) in [6, 6.07) is 0. The van der Waals surface area contributed by atoms with Gasteiger partial charge in [0.05, 0.1) is 5.41 Å². The zero-order valence-corrected chi connectivity index (χ0v) is 6.16. The third-order valence-electron chi connectivity index (χ3n) is 1.04. The normalized spacial score (nSPS) is 11.1. The molecule has 0 spiro atoms. The molecule has 0 aromatic rings. The average Bonchev–Trinajstić information content (AvgIpc) is 1.86. The van der Waals surface area contributed by atoms with Crippen LogP contribution in [0.25, 0.3) is 0 Å². The fourth-order valence-corrected chi connectivity index (χ4v) is 0.320. The first-order chi connectivity index (χ1) is 4.04. The summed E-state index contributed by atoms with van der Waals surface area (Å²) < 4.78 is 0. The minimum Gasteiger partial charge on any atom is -0.759 e. The van der Waals surface area contributed by atoms with E-state index < -0.39 is 11.3 Å². The highest BCUT2D eigenvalue weighted by molar-refractivity contribution is 6.19. The van der Waals surface area contributed by atoms with Gasteiger partial charge in [0.15, 0.2) is 0 Å². The van der Waals surface area contributed by atoms with Crippen molar-refractivity contribution in [2.24, 2.45) is 5.41 Å². The van der Waals surface area contributed by atoms with Crippen molar-refractivity contribution in [3.63, 3.8) is 0 Å². The largest absolute Gasteiger partial charge is 0.759 e. The van der Waals surface area contributed by atoms with E-state index in [1.165, 1.54) is 5.48 Å². The van der Waals surface area contributed by atoms with Crippen molar-refractivity contribution in [2.75, 3.05) is 5.88 Å². The second-order valence-corrected chi connectivity index (χ2v) is 2.72. The van der Waals surface area contributed by atoms with Crippen molar-refractivity contribution >= 4 is 17.5 Å². The first-order valence-electron chi connectivity index (χ1n) is 2.53. The lowest BCUT2D eigenvalue weighted by Crippen LogP contribution is -2.34. The Hall–Kier alpha value is -0.280. The summed E-state index contributed by atoms with van der Waals surface area (Å²) in [5.41, 5.74) is 0.536. The highest BCUT2D eigenvalue weighted by Crippen LogP contribution is 2.16. The maximum absolute atomic E-state index is 10.6. The van der Waals surface area contributed by atoms with Crippen LogP contribution < -0.4 is 5.48 Å². The van der Waals surface area contributed by atoms with Crippen LogP contribution in [0.1, 0.15) is 13.8 Å². The molecule has 0 fully saturated rings. The second-order valence-electron chi connectivity index (χ2n) is 2.45. The molecule has 1 N–H and O–H groups in total. The molecule has 0 radical (unpaired) electrons. The van der Waals surface area contributed by atoms with Crippen LogP contribution in [0.5, 0.6) is 0 Å². The van der Waals surface area contributed by atoms with E-state index in [1.54, 1.807) is 13.8 Å². The molecule has 4 heteroatoms. The molecule has 9 heavy (non-hydrogen) atoms. The molecular weight excluding hydrogens is 142 g/mol. The van der Waals surface area contributed by atoms with E-state index in [4.69, 9.17) is 11.6 Å². The molecule has 0 atom stereocenters.